The summed E-state index contributed by atoms with van der Waals surface area (Å²) in [5.41, 5.74) is 0. The Bertz CT molecular complexity index is 3.25. The molecule has 0 fully saturated rings. The van der Waals surface area contributed by atoms with E-state index in [0.717, 1.165) is 0 Å². The third-order valence-electron chi connectivity index (χ3n) is 0. The minimum atomic E-state index is 0. The van der Waals surface area contributed by atoms with Crippen molar-refractivity contribution in [1.29, 1.82) is 0 Å². The van der Waals surface area contributed by atoms with E-state index >= 15 is 0 Å². The molecule has 0 heterocycles. The minimum absolute atomic E-state index is 0. The van der Waals surface area contributed by atoms with E-state index in [1.54, 1.807) is 0 Å². The second kappa shape index (κ2) is 12.3. The van der Waals surface area contributed by atoms with E-state index in [1.165, 1.54) is 0 Å². The van der Waals surface area contributed by atoms with E-state index in [9.17, 15) is 0 Å². The Labute approximate surface area is 26.9 Å². The molecule has 0 aliphatic rings. The van der Waals surface area contributed by atoms with Crippen LogP contribution in [0.25, 0.3) is 0 Å². The molecule has 0 aromatic rings. The van der Waals surface area contributed by atoms with E-state index in [-0.39, 0.29) is 5.48 Å². The zero-order valence-electron chi connectivity index (χ0n) is 3.02. The molecule has 0 atom stereocenters. The van der Waals surface area contributed by atoms with Crippen LogP contribution in [0.4, 0.5) is 0 Å². The van der Waals surface area contributed by atoms with Gasteiger partial charge in [-0.15, -0.1) is 0 Å². The van der Waals surface area contributed by atoms with E-state index < -0.39 is 0 Å². The van der Waals surface area contributed by atoms with Crippen LogP contribution in [-0.2, 0) is 0 Å². The maximum Gasteiger partial charge on any atom is -0.0448 e. The molecule has 2 radical (unpaired) electrons. The molecular weight excluding hydrogens is 52.0 g/mol. The molecule has 26 valence electrons. The lowest BCUT2D eigenvalue weighted by Crippen LogP contribution is -1.30. The maximum absolute atomic E-state index is 2.00. The monoisotopic (exact) mass is 60.1 g/mol. The van der Waals surface area contributed by atoms with Crippen molar-refractivity contribution >= 4 is 0 Å². The minimum Gasteiger partial charge on any atom is -0.255 e. The zero-order valence-corrected chi connectivity index (χ0v) is 3.02. The predicted octanol–water partition coefficient (Wildman–Crippen LogP) is 1.05. The molecule has 1 heteroatoms. The molecular formula is C3H8O. The van der Waals surface area contributed by atoms with Gasteiger partial charge in [0.2, 0.25) is 0 Å². The lowest BCUT2D eigenvalue weighted by Gasteiger charge is -1.47. The number of rotatable bonds is 0. The SMILES string of the molecule is C[CH]C.[OH]. The van der Waals surface area contributed by atoms with Gasteiger partial charge in [-0.2, -0.15) is 0 Å². The van der Waals surface area contributed by atoms with E-state index in [4.69, 9.17) is 0 Å². The molecule has 1 nitrogen and oxygen atoms in total. The molecule has 0 aromatic carbocycles. The van der Waals surface area contributed by atoms with Crippen molar-refractivity contribution < 1.29 is 5.48 Å². The van der Waals surface area contributed by atoms with Crippen molar-refractivity contribution in [3.63, 3.8) is 0 Å². The van der Waals surface area contributed by atoms with Gasteiger partial charge in [-0.25, -0.2) is 0 Å². The second-order valence-electron chi connectivity index (χ2n) is 0.577. The van der Waals surface area contributed by atoms with E-state index in [2.05, 4.69) is 0 Å². The van der Waals surface area contributed by atoms with Crippen LogP contribution >= 0.6 is 0 Å². The highest BCUT2D eigenvalue weighted by Gasteiger charge is 1.36. The van der Waals surface area contributed by atoms with Gasteiger partial charge in [0.05, 0.1) is 0 Å². The fourth-order valence-electron chi connectivity index (χ4n) is 0. The van der Waals surface area contributed by atoms with Gasteiger partial charge in [0.25, 0.3) is 0 Å². The summed E-state index contributed by atoms with van der Waals surface area (Å²) in [4.78, 5) is 0. The van der Waals surface area contributed by atoms with Crippen molar-refractivity contribution in [3.05, 3.63) is 6.42 Å². The summed E-state index contributed by atoms with van der Waals surface area (Å²) in [6.45, 7) is 4.00. The highest BCUT2D eigenvalue weighted by molar-refractivity contribution is 4.34. The van der Waals surface area contributed by atoms with E-state index in [0.29, 0.717) is 0 Å². The predicted molar refractivity (Wildman–Crippen MR) is 17.6 cm³/mol. The Balaban J connectivity index is 0. The fraction of sp³-hybridized carbons (Fsp3) is 0.667. The molecule has 0 rings (SSSR count). The average molecular weight is 60.1 g/mol. The molecule has 0 spiro atoms. The van der Waals surface area contributed by atoms with Gasteiger partial charge in [-0.05, 0) is 6.42 Å². The fourth-order valence-corrected chi connectivity index (χ4v) is 0. The molecule has 0 bridgehead atoms. The molecule has 0 aromatic heterocycles. The van der Waals surface area contributed by atoms with Gasteiger partial charge >= 0.3 is 0 Å². The van der Waals surface area contributed by atoms with Crippen molar-refractivity contribution in [2.24, 2.45) is 0 Å². The Hall–Kier alpha value is -0.0400. The standard InChI is InChI=1S/C3H7.HO/c1-3-2;/h3H,1-2H3;1H. The zero-order chi connectivity index (χ0) is 2.71. The van der Waals surface area contributed by atoms with Gasteiger partial charge in [-0.3, -0.25) is 5.48 Å². The Morgan fingerprint density at radius 1 is 1.25 bits per heavy atom. The molecule has 0 saturated heterocycles. The van der Waals surface area contributed by atoms with Crippen molar-refractivity contribution in [1.82, 2.24) is 0 Å². The van der Waals surface area contributed by atoms with Crippen molar-refractivity contribution in [2.75, 3.05) is 0 Å². The average Bonchev–Trinajstić information content (AvgIpc) is 0.918. The quantitative estimate of drug-likeness (QED) is 0.433. The highest BCUT2D eigenvalue weighted by atomic mass is 16.0. The Morgan fingerprint density at radius 3 is 1.25 bits per heavy atom. The van der Waals surface area contributed by atoms with Crippen LogP contribution in [-0.4, -0.2) is 5.48 Å². The second-order valence-corrected chi connectivity index (χ2v) is 0.577. The first-order valence-electron chi connectivity index (χ1n) is 1.15. The normalized spacial score (nSPS) is 4.50. The van der Waals surface area contributed by atoms with E-state index in [1.807, 2.05) is 20.3 Å². The van der Waals surface area contributed by atoms with Crippen LogP contribution in [0.1, 0.15) is 13.8 Å². The summed E-state index contributed by atoms with van der Waals surface area (Å²) >= 11 is 0. The number of hydrogen-bond acceptors (Lipinski definition) is 0. The van der Waals surface area contributed by atoms with Crippen LogP contribution in [0.15, 0.2) is 0 Å². The molecule has 0 aliphatic carbocycles. The Morgan fingerprint density at radius 2 is 1.25 bits per heavy atom. The summed E-state index contributed by atoms with van der Waals surface area (Å²) in [7, 11) is 0. The van der Waals surface area contributed by atoms with Crippen LogP contribution in [0.2, 0.25) is 0 Å². The molecule has 4 heavy (non-hydrogen) atoms. The summed E-state index contributed by atoms with van der Waals surface area (Å²) in [5.74, 6) is 0. The molecule has 0 amide bonds. The van der Waals surface area contributed by atoms with Crippen molar-refractivity contribution in [2.45, 2.75) is 13.8 Å². The highest BCUT2D eigenvalue weighted by Crippen LogP contribution is 1.53. The first-order valence-corrected chi connectivity index (χ1v) is 1.15. The largest absolute Gasteiger partial charge is 0.255 e. The third-order valence-corrected chi connectivity index (χ3v) is 0. The third kappa shape index (κ3) is 1130. The topological polar surface area (TPSA) is 30.0 Å². The van der Waals surface area contributed by atoms with Gasteiger partial charge in [0, 0.05) is 0 Å². The smallest absolute Gasteiger partial charge is 0.0448 e. The maximum atomic E-state index is 2.00. The summed E-state index contributed by atoms with van der Waals surface area (Å²) in [5, 5.41) is 0. The van der Waals surface area contributed by atoms with Gasteiger partial charge in [0.1, 0.15) is 0 Å². The van der Waals surface area contributed by atoms with Crippen LogP contribution in [0.5, 0.6) is 0 Å². The van der Waals surface area contributed by atoms with Crippen LogP contribution in [0, 0.1) is 6.42 Å². The van der Waals surface area contributed by atoms with Gasteiger partial charge in [-0.1, -0.05) is 13.8 Å². The first-order chi connectivity index (χ1) is 1.41. The first kappa shape index (κ1) is 9.03. The van der Waals surface area contributed by atoms with Crippen LogP contribution in [0.3, 0.4) is 0 Å². The Kier molecular flexibility index (Phi) is 27.9. The summed E-state index contributed by atoms with van der Waals surface area (Å²) in [6, 6.07) is 0. The summed E-state index contributed by atoms with van der Waals surface area (Å²) in [6.07, 6.45) is 2.00. The lowest BCUT2D eigenvalue weighted by atomic mass is 10.6. The lowest BCUT2D eigenvalue weighted by molar-refractivity contribution is 0.824. The van der Waals surface area contributed by atoms with Gasteiger partial charge in [0.15, 0.2) is 0 Å². The van der Waals surface area contributed by atoms with Crippen molar-refractivity contribution in [3.8, 4) is 0 Å². The molecule has 0 saturated carbocycles. The summed E-state index contributed by atoms with van der Waals surface area (Å²) < 4.78 is 0. The number of hydrogen-bond donors (Lipinski definition) is 1. The van der Waals surface area contributed by atoms with Gasteiger partial charge < -0.3 is 0 Å². The molecule has 0 aliphatic heterocycles. The molecule has 0 unspecified atom stereocenters. The van der Waals surface area contributed by atoms with Crippen LogP contribution < -0.4 is 0 Å². The molecule has 1 N–H and O–H groups in total.